The van der Waals surface area contributed by atoms with Gasteiger partial charge < -0.3 is 5.32 Å². The van der Waals surface area contributed by atoms with Crippen LogP contribution in [0.3, 0.4) is 0 Å². The predicted molar refractivity (Wildman–Crippen MR) is 101 cm³/mol. The molecule has 1 aliphatic carbocycles. The second-order valence-electron chi connectivity index (χ2n) is 7.10. The molecule has 0 unspecified atom stereocenters. The summed E-state index contributed by atoms with van der Waals surface area (Å²) in [7, 11) is 0. The highest BCUT2D eigenvalue weighted by molar-refractivity contribution is 5.88. The lowest BCUT2D eigenvalue weighted by Gasteiger charge is -2.36. The number of fused-ring (bicyclic) bond motifs is 1. The van der Waals surface area contributed by atoms with Gasteiger partial charge in [0.25, 0.3) is 0 Å². The summed E-state index contributed by atoms with van der Waals surface area (Å²) in [5, 5.41) is 12.7. The molecule has 0 atom stereocenters. The molecule has 1 aliphatic rings. The van der Waals surface area contributed by atoms with E-state index in [9.17, 15) is 23.2 Å². The zero-order chi connectivity index (χ0) is 20.8. The van der Waals surface area contributed by atoms with E-state index in [1.807, 2.05) is 0 Å². The maximum Gasteiger partial charge on any atom is 0.433 e. The Kier molecular flexibility index (Phi) is 4.30. The van der Waals surface area contributed by atoms with Gasteiger partial charge in [0.05, 0.1) is 17.1 Å². The van der Waals surface area contributed by atoms with E-state index in [2.05, 4.69) is 21.4 Å². The minimum Gasteiger partial charge on any atom is -0.351 e. The summed E-state index contributed by atoms with van der Waals surface area (Å²) in [5.41, 5.74) is -1.83. The second-order valence-corrected chi connectivity index (χ2v) is 7.10. The fraction of sp³-hybridized carbons (Fsp3) is 0.300. The third kappa shape index (κ3) is 3.20. The number of hydrogen-bond acceptors (Lipinski definition) is 5. The first-order chi connectivity index (χ1) is 13.7. The molecule has 0 saturated heterocycles. The van der Waals surface area contributed by atoms with Gasteiger partial charge in [-0.05, 0) is 49.9 Å². The number of alkyl halides is 3. The van der Waals surface area contributed by atoms with E-state index in [-0.39, 0.29) is 16.9 Å². The van der Waals surface area contributed by atoms with Gasteiger partial charge in [-0.15, -0.1) is 0 Å². The number of aromatic nitrogens is 3. The molecule has 3 aromatic rings. The maximum atomic E-state index is 13.3. The van der Waals surface area contributed by atoms with Crippen LogP contribution in [0.2, 0.25) is 0 Å². The molecule has 0 amide bonds. The van der Waals surface area contributed by atoms with Gasteiger partial charge in [-0.1, -0.05) is 18.2 Å². The van der Waals surface area contributed by atoms with Gasteiger partial charge in [-0.2, -0.15) is 23.4 Å². The van der Waals surface area contributed by atoms with Gasteiger partial charge in [0.2, 0.25) is 0 Å². The highest BCUT2D eigenvalue weighted by Gasteiger charge is 2.38. The molecule has 0 bridgehead atoms. The Hall–Kier alpha value is -3.41. The average molecular weight is 399 g/mol. The number of anilines is 1. The Labute approximate surface area is 163 Å². The van der Waals surface area contributed by atoms with Crippen LogP contribution in [0, 0.1) is 18.3 Å². The fourth-order valence-electron chi connectivity index (χ4n) is 3.41. The Morgan fingerprint density at radius 1 is 1.17 bits per heavy atom. The van der Waals surface area contributed by atoms with Crippen molar-refractivity contribution in [2.45, 2.75) is 37.9 Å². The van der Waals surface area contributed by atoms with Crippen LogP contribution >= 0.6 is 0 Å². The number of halogens is 3. The quantitative estimate of drug-likeness (QED) is 0.721. The van der Waals surface area contributed by atoms with E-state index < -0.39 is 23.1 Å². The van der Waals surface area contributed by atoms with E-state index in [0.29, 0.717) is 24.1 Å². The zero-order valence-corrected chi connectivity index (χ0v) is 15.4. The van der Waals surface area contributed by atoms with Crippen molar-refractivity contribution >= 4 is 16.9 Å². The second kappa shape index (κ2) is 6.58. The summed E-state index contributed by atoms with van der Waals surface area (Å²) in [4.78, 5) is 20.7. The van der Waals surface area contributed by atoms with Gasteiger partial charge in [0.15, 0.2) is 5.65 Å². The van der Waals surface area contributed by atoms with E-state index in [0.717, 1.165) is 17.1 Å². The number of para-hydroxylation sites is 1. The number of hydrogen-bond donors (Lipinski definition) is 1. The Balaban J connectivity index is 2.02. The van der Waals surface area contributed by atoms with Crippen molar-refractivity contribution < 1.29 is 13.2 Å². The topological polar surface area (TPSA) is 83.6 Å². The van der Waals surface area contributed by atoms with Gasteiger partial charge >= 0.3 is 11.9 Å². The first-order valence-electron chi connectivity index (χ1n) is 9.01. The van der Waals surface area contributed by atoms with Crippen LogP contribution in [0.15, 0.2) is 41.2 Å². The molecule has 1 aromatic carbocycles. The summed E-state index contributed by atoms with van der Waals surface area (Å²) in [6.07, 6.45) is -2.68. The molecule has 0 spiro atoms. The van der Waals surface area contributed by atoms with E-state index in [1.54, 1.807) is 31.2 Å². The normalized spacial score (nSPS) is 15.6. The van der Waals surface area contributed by atoms with Crippen molar-refractivity contribution in [3.63, 3.8) is 0 Å². The van der Waals surface area contributed by atoms with Gasteiger partial charge in [0, 0.05) is 0 Å². The molecule has 9 heteroatoms. The van der Waals surface area contributed by atoms with E-state index in [1.165, 1.54) is 6.07 Å². The van der Waals surface area contributed by atoms with E-state index in [4.69, 9.17) is 0 Å². The zero-order valence-electron chi connectivity index (χ0n) is 15.4. The minimum atomic E-state index is -4.67. The van der Waals surface area contributed by atoms with Crippen LogP contribution in [0.25, 0.3) is 16.7 Å². The number of nitrogens with one attached hydrogen (secondary N) is 1. The highest BCUT2D eigenvalue weighted by Crippen LogP contribution is 2.36. The molecule has 0 aliphatic heterocycles. The Bertz CT molecular complexity index is 1210. The lowest BCUT2D eigenvalue weighted by Crippen LogP contribution is -2.44. The SMILES string of the molecule is Cc1ccccc1-n1c(=O)nc(NC2(C#N)CCC2)c2ccc(C(F)(F)F)nc21. The first-order valence-corrected chi connectivity index (χ1v) is 9.01. The van der Waals surface area contributed by atoms with Crippen molar-refractivity contribution in [3.05, 3.63) is 58.1 Å². The van der Waals surface area contributed by atoms with Gasteiger partial charge in [-0.25, -0.2) is 14.3 Å². The van der Waals surface area contributed by atoms with Crippen molar-refractivity contribution in [2.24, 2.45) is 0 Å². The van der Waals surface area contributed by atoms with Crippen LogP contribution in [0.1, 0.15) is 30.5 Å². The number of nitrogens with zero attached hydrogens (tertiary/aromatic N) is 4. The Morgan fingerprint density at radius 2 is 1.90 bits per heavy atom. The summed E-state index contributed by atoms with van der Waals surface area (Å²) in [6, 6.07) is 11.1. The molecule has 6 nitrogen and oxygen atoms in total. The lowest BCUT2D eigenvalue weighted by molar-refractivity contribution is -0.141. The molecule has 29 heavy (non-hydrogen) atoms. The fourth-order valence-corrected chi connectivity index (χ4v) is 3.41. The predicted octanol–water partition coefficient (Wildman–Crippen LogP) is 3.97. The molecule has 1 N–H and O–H groups in total. The number of aryl methyl sites for hydroxylation is 1. The molecule has 1 fully saturated rings. The number of benzene rings is 1. The first kappa shape index (κ1) is 18.9. The highest BCUT2D eigenvalue weighted by atomic mass is 19.4. The van der Waals surface area contributed by atoms with Crippen molar-refractivity contribution in [3.8, 4) is 11.8 Å². The van der Waals surface area contributed by atoms with Gasteiger partial charge in [0.1, 0.15) is 17.1 Å². The molecule has 1 saturated carbocycles. The van der Waals surface area contributed by atoms with Crippen molar-refractivity contribution in [2.75, 3.05) is 5.32 Å². The number of pyridine rings is 1. The third-order valence-corrected chi connectivity index (χ3v) is 5.17. The van der Waals surface area contributed by atoms with E-state index >= 15 is 0 Å². The van der Waals surface area contributed by atoms with Crippen LogP contribution < -0.4 is 11.0 Å². The third-order valence-electron chi connectivity index (χ3n) is 5.17. The number of rotatable bonds is 3. The van der Waals surface area contributed by atoms with Crippen LogP contribution in [0.5, 0.6) is 0 Å². The molecular formula is C20H16F3N5O. The standard InChI is InChI=1S/C20H16F3N5O/c1-12-5-2-3-6-14(12)28-17-13(7-8-15(25-17)20(21,22)23)16(26-18(28)29)27-19(11-24)9-4-10-19/h2-3,5-8H,4,9-10H2,1H3,(H,26,27,29). The van der Waals surface area contributed by atoms with Crippen LogP contribution in [0.4, 0.5) is 19.0 Å². The number of nitriles is 1. The molecule has 2 aromatic heterocycles. The summed E-state index contributed by atoms with van der Waals surface area (Å²) >= 11 is 0. The molecule has 4 rings (SSSR count). The van der Waals surface area contributed by atoms with Crippen molar-refractivity contribution in [1.82, 2.24) is 14.5 Å². The monoisotopic (exact) mass is 399 g/mol. The largest absolute Gasteiger partial charge is 0.433 e. The lowest BCUT2D eigenvalue weighted by atomic mass is 9.78. The summed E-state index contributed by atoms with van der Waals surface area (Å²) in [5.74, 6) is 0.0670. The van der Waals surface area contributed by atoms with Crippen LogP contribution in [-0.4, -0.2) is 20.1 Å². The van der Waals surface area contributed by atoms with Crippen molar-refractivity contribution in [1.29, 1.82) is 5.26 Å². The van der Waals surface area contributed by atoms with Gasteiger partial charge in [-0.3, -0.25) is 0 Å². The molecular weight excluding hydrogens is 383 g/mol. The molecule has 0 radical (unpaired) electrons. The molecule has 148 valence electrons. The maximum absolute atomic E-state index is 13.3. The smallest absolute Gasteiger partial charge is 0.351 e. The average Bonchev–Trinajstić information content (AvgIpc) is 2.64. The Morgan fingerprint density at radius 3 is 2.48 bits per heavy atom. The summed E-state index contributed by atoms with van der Waals surface area (Å²) in [6.45, 7) is 1.74. The molecule has 2 heterocycles. The minimum absolute atomic E-state index is 0.0670. The summed E-state index contributed by atoms with van der Waals surface area (Å²) < 4.78 is 41.0. The van der Waals surface area contributed by atoms with Crippen LogP contribution in [-0.2, 0) is 6.18 Å².